The molecule has 1 rings (SSSR count). The van der Waals surface area contributed by atoms with Gasteiger partial charge >= 0.3 is 0 Å². The molecule has 0 atom stereocenters. The minimum absolute atomic E-state index is 0.809. The molecule has 0 aliphatic rings. The third kappa shape index (κ3) is 3.74. The summed E-state index contributed by atoms with van der Waals surface area (Å²) in [5, 5.41) is 0.809. The second-order valence-electron chi connectivity index (χ2n) is 2.30. The van der Waals surface area contributed by atoms with Gasteiger partial charge in [0.1, 0.15) is 0 Å². The maximum atomic E-state index is 5.76. The van der Waals surface area contributed by atoms with Crippen LogP contribution >= 0.6 is 35.1 Å². The van der Waals surface area contributed by atoms with Crippen LogP contribution in [-0.2, 0) is 0 Å². The second-order valence-corrected chi connectivity index (χ2v) is 4.89. The maximum absolute atomic E-state index is 5.76. The van der Waals surface area contributed by atoms with Crippen LogP contribution in [0.2, 0.25) is 5.02 Å². The van der Waals surface area contributed by atoms with E-state index in [0.717, 1.165) is 5.02 Å². The van der Waals surface area contributed by atoms with Crippen molar-refractivity contribution >= 4 is 35.1 Å². The van der Waals surface area contributed by atoms with Crippen LogP contribution in [0.25, 0.3) is 0 Å². The minimum atomic E-state index is 0.809. The lowest BCUT2D eigenvalue weighted by Gasteiger charge is -1.99. The Balaban J connectivity index is 2.37. The monoisotopic (exact) mass is 218 g/mol. The first-order valence-corrected chi connectivity index (χ1v) is 6.46. The lowest BCUT2D eigenvalue weighted by atomic mass is 10.4. The Bertz CT molecular complexity index is 220. The molecule has 0 aromatic heterocycles. The molecule has 0 amide bonds. The fraction of sp³-hybridized carbons (Fsp3) is 0.333. The average Bonchev–Trinajstić information content (AvgIpc) is 2.09. The lowest BCUT2D eigenvalue weighted by molar-refractivity contribution is 1.44. The molecule has 0 nitrogen and oxygen atoms in total. The molecule has 1 aromatic carbocycles. The van der Waals surface area contributed by atoms with Gasteiger partial charge in [0, 0.05) is 21.4 Å². The molecule has 0 saturated carbocycles. The van der Waals surface area contributed by atoms with Crippen molar-refractivity contribution in [2.24, 2.45) is 0 Å². The summed E-state index contributed by atoms with van der Waals surface area (Å²) in [6.07, 6.45) is 2.13. The summed E-state index contributed by atoms with van der Waals surface area (Å²) in [6, 6.07) is 7.99. The zero-order valence-electron chi connectivity index (χ0n) is 6.92. The first-order valence-electron chi connectivity index (χ1n) is 3.70. The van der Waals surface area contributed by atoms with Crippen LogP contribution < -0.4 is 0 Å². The summed E-state index contributed by atoms with van der Waals surface area (Å²) in [6.45, 7) is 0. The zero-order chi connectivity index (χ0) is 8.81. The van der Waals surface area contributed by atoms with Gasteiger partial charge in [-0.25, -0.2) is 0 Å². The van der Waals surface area contributed by atoms with Gasteiger partial charge in [-0.15, -0.1) is 11.8 Å². The Hall–Kier alpha value is 0.210. The van der Waals surface area contributed by atoms with E-state index >= 15 is 0 Å². The van der Waals surface area contributed by atoms with Crippen LogP contribution in [0.1, 0.15) is 0 Å². The summed E-state index contributed by atoms with van der Waals surface area (Å²) >= 11 is 9.51. The van der Waals surface area contributed by atoms with Crippen molar-refractivity contribution in [2.45, 2.75) is 4.90 Å². The van der Waals surface area contributed by atoms with Gasteiger partial charge in [0.05, 0.1) is 0 Å². The predicted octanol–water partition coefficient (Wildman–Crippen LogP) is 3.80. The van der Waals surface area contributed by atoms with Crippen molar-refractivity contribution in [3.63, 3.8) is 0 Å². The molecule has 0 aliphatic heterocycles. The number of hydrogen-bond donors (Lipinski definition) is 0. The summed E-state index contributed by atoms with van der Waals surface area (Å²) in [5.41, 5.74) is 0. The van der Waals surface area contributed by atoms with E-state index < -0.39 is 0 Å². The normalized spacial score (nSPS) is 10.2. The molecule has 0 spiro atoms. The Morgan fingerprint density at radius 1 is 1.17 bits per heavy atom. The number of hydrogen-bond acceptors (Lipinski definition) is 2. The SMILES string of the molecule is CSCCSc1ccc(Cl)cc1. The van der Waals surface area contributed by atoms with Crippen molar-refractivity contribution in [2.75, 3.05) is 17.8 Å². The van der Waals surface area contributed by atoms with Crippen molar-refractivity contribution in [3.8, 4) is 0 Å². The van der Waals surface area contributed by atoms with Gasteiger partial charge in [0.2, 0.25) is 0 Å². The smallest absolute Gasteiger partial charge is 0.0406 e. The average molecular weight is 219 g/mol. The number of rotatable bonds is 4. The fourth-order valence-electron chi connectivity index (χ4n) is 0.774. The van der Waals surface area contributed by atoms with Crippen LogP contribution in [0.3, 0.4) is 0 Å². The fourth-order valence-corrected chi connectivity index (χ4v) is 2.46. The van der Waals surface area contributed by atoms with E-state index in [1.807, 2.05) is 35.7 Å². The predicted molar refractivity (Wildman–Crippen MR) is 60.6 cm³/mol. The molecule has 66 valence electrons. The molecule has 0 heterocycles. The summed E-state index contributed by atoms with van der Waals surface area (Å²) in [4.78, 5) is 1.30. The molecular weight excluding hydrogens is 208 g/mol. The summed E-state index contributed by atoms with van der Waals surface area (Å²) < 4.78 is 0. The van der Waals surface area contributed by atoms with E-state index in [1.54, 1.807) is 0 Å². The van der Waals surface area contributed by atoms with E-state index in [2.05, 4.69) is 18.4 Å². The van der Waals surface area contributed by atoms with Crippen LogP contribution in [0.15, 0.2) is 29.2 Å². The Kier molecular flexibility index (Phi) is 4.96. The second kappa shape index (κ2) is 5.79. The Morgan fingerprint density at radius 2 is 1.83 bits per heavy atom. The van der Waals surface area contributed by atoms with Crippen molar-refractivity contribution in [1.29, 1.82) is 0 Å². The molecule has 0 bridgehead atoms. The zero-order valence-corrected chi connectivity index (χ0v) is 9.31. The van der Waals surface area contributed by atoms with Gasteiger partial charge < -0.3 is 0 Å². The third-order valence-corrected chi connectivity index (χ3v) is 3.51. The summed E-state index contributed by atoms with van der Waals surface area (Å²) in [5.74, 6) is 2.37. The van der Waals surface area contributed by atoms with E-state index in [0.29, 0.717) is 0 Å². The number of thioether (sulfide) groups is 2. The first-order chi connectivity index (χ1) is 5.83. The highest BCUT2D eigenvalue weighted by Gasteiger charge is 1.92. The molecule has 12 heavy (non-hydrogen) atoms. The van der Waals surface area contributed by atoms with Crippen LogP contribution in [0.4, 0.5) is 0 Å². The minimum Gasteiger partial charge on any atom is -0.165 e. The Morgan fingerprint density at radius 3 is 2.42 bits per heavy atom. The third-order valence-electron chi connectivity index (χ3n) is 1.37. The van der Waals surface area contributed by atoms with Crippen LogP contribution in [0, 0.1) is 0 Å². The highest BCUT2D eigenvalue weighted by molar-refractivity contribution is 8.02. The van der Waals surface area contributed by atoms with Gasteiger partial charge in [0.25, 0.3) is 0 Å². The van der Waals surface area contributed by atoms with E-state index in [-0.39, 0.29) is 0 Å². The molecular formula is C9H11ClS2. The lowest BCUT2D eigenvalue weighted by Crippen LogP contribution is -1.81. The highest BCUT2D eigenvalue weighted by atomic mass is 35.5. The quantitative estimate of drug-likeness (QED) is 0.557. The van der Waals surface area contributed by atoms with E-state index in [1.165, 1.54) is 16.4 Å². The topological polar surface area (TPSA) is 0 Å². The van der Waals surface area contributed by atoms with E-state index in [9.17, 15) is 0 Å². The van der Waals surface area contributed by atoms with Gasteiger partial charge in [-0.2, -0.15) is 11.8 Å². The maximum Gasteiger partial charge on any atom is 0.0406 e. The first kappa shape index (κ1) is 10.3. The number of halogens is 1. The summed E-state index contributed by atoms with van der Waals surface area (Å²) in [7, 11) is 0. The number of benzene rings is 1. The van der Waals surface area contributed by atoms with Crippen LogP contribution in [-0.4, -0.2) is 17.8 Å². The largest absolute Gasteiger partial charge is 0.165 e. The van der Waals surface area contributed by atoms with Crippen molar-refractivity contribution in [3.05, 3.63) is 29.3 Å². The van der Waals surface area contributed by atoms with Gasteiger partial charge in [-0.05, 0) is 30.5 Å². The van der Waals surface area contributed by atoms with Gasteiger partial charge in [-0.1, -0.05) is 11.6 Å². The molecule has 0 fully saturated rings. The molecule has 0 unspecified atom stereocenters. The molecule has 0 aliphatic carbocycles. The molecule has 0 radical (unpaired) electrons. The molecule has 0 N–H and O–H groups in total. The Labute approximate surface area is 87.1 Å². The molecule has 0 saturated heterocycles. The molecule has 1 aromatic rings. The van der Waals surface area contributed by atoms with Gasteiger partial charge in [0.15, 0.2) is 0 Å². The highest BCUT2D eigenvalue weighted by Crippen LogP contribution is 2.20. The standard InChI is InChI=1S/C9H11ClS2/c1-11-6-7-12-9-4-2-8(10)3-5-9/h2-5H,6-7H2,1H3. The van der Waals surface area contributed by atoms with Crippen molar-refractivity contribution < 1.29 is 0 Å². The van der Waals surface area contributed by atoms with E-state index in [4.69, 9.17) is 11.6 Å². The van der Waals surface area contributed by atoms with Gasteiger partial charge in [-0.3, -0.25) is 0 Å². The van der Waals surface area contributed by atoms with Crippen molar-refractivity contribution in [1.82, 2.24) is 0 Å². The molecule has 3 heteroatoms. The van der Waals surface area contributed by atoms with Crippen LogP contribution in [0.5, 0.6) is 0 Å².